The molecule has 0 fully saturated rings. The Kier molecular flexibility index (Phi) is 5.19. The molecule has 0 radical (unpaired) electrons. The van der Waals surface area contributed by atoms with Gasteiger partial charge in [-0.1, -0.05) is 38.5 Å². The monoisotopic (exact) mass is 208 g/mol. The molecule has 1 unspecified atom stereocenters. The summed E-state index contributed by atoms with van der Waals surface area (Å²) in [6, 6.07) is 7.98. The topological polar surface area (TPSA) is 29.5 Å². The summed E-state index contributed by atoms with van der Waals surface area (Å²) in [6.07, 6.45) is 2.40. The Morgan fingerprint density at radius 2 is 2.00 bits per heavy atom. The van der Waals surface area contributed by atoms with Crippen molar-refractivity contribution < 1.29 is 9.84 Å². The van der Waals surface area contributed by atoms with Crippen LogP contribution < -0.4 is 4.74 Å². The van der Waals surface area contributed by atoms with E-state index in [-0.39, 0.29) is 6.10 Å². The van der Waals surface area contributed by atoms with Gasteiger partial charge in [-0.05, 0) is 24.5 Å². The van der Waals surface area contributed by atoms with Gasteiger partial charge in [-0.3, -0.25) is 0 Å². The number of aliphatic hydroxyl groups excluding tert-OH is 1. The lowest BCUT2D eigenvalue weighted by molar-refractivity contribution is 0.0989. The second kappa shape index (κ2) is 6.46. The van der Waals surface area contributed by atoms with Gasteiger partial charge in [0.1, 0.15) is 12.4 Å². The molecule has 2 nitrogen and oxygen atoms in total. The first-order valence-electron chi connectivity index (χ1n) is 5.66. The van der Waals surface area contributed by atoms with Gasteiger partial charge in [0.25, 0.3) is 0 Å². The minimum absolute atomic E-state index is 0.347. The second-order valence-corrected chi connectivity index (χ2v) is 3.71. The zero-order valence-electron chi connectivity index (χ0n) is 9.57. The zero-order chi connectivity index (χ0) is 11.1. The third-order valence-corrected chi connectivity index (χ3v) is 2.41. The molecular formula is C13H20O2. The highest BCUT2D eigenvalue weighted by atomic mass is 16.5. The maximum absolute atomic E-state index is 9.55. The molecule has 1 rings (SSSR count). The molecule has 15 heavy (non-hydrogen) atoms. The number of hydrogen-bond donors (Lipinski definition) is 1. The zero-order valence-corrected chi connectivity index (χ0v) is 9.57. The van der Waals surface area contributed by atoms with Crippen LogP contribution in [0.15, 0.2) is 24.3 Å². The summed E-state index contributed by atoms with van der Waals surface area (Å²) < 4.78 is 5.59. The summed E-state index contributed by atoms with van der Waals surface area (Å²) in [5.74, 6) is 0.898. The fourth-order valence-electron chi connectivity index (χ4n) is 1.54. The lowest BCUT2D eigenvalue weighted by Gasteiger charge is -2.13. The van der Waals surface area contributed by atoms with Gasteiger partial charge in [0.05, 0.1) is 6.10 Å². The van der Waals surface area contributed by atoms with Crippen LogP contribution in [-0.4, -0.2) is 17.8 Å². The molecule has 1 atom stereocenters. The number of aliphatic hydroxyl groups is 1. The van der Waals surface area contributed by atoms with Crippen molar-refractivity contribution >= 4 is 0 Å². The molecule has 0 heterocycles. The Labute approximate surface area is 91.9 Å². The number of aryl methyl sites for hydroxylation is 1. The first kappa shape index (κ1) is 12.1. The van der Waals surface area contributed by atoms with Crippen molar-refractivity contribution in [3.05, 3.63) is 29.8 Å². The molecule has 84 valence electrons. The Bertz CT molecular complexity index is 284. The van der Waals surface area contributed by atoms with Crippen molar-refractivity contribution in [3.8, 4) is 5.75 Å². The van der Waals surface area contributed by atoms with Crippen LogP contribution in [0.25, 0.3) is 0 Å². The molecule has 0 saturated heterocycles. The Hall–Kier alpha value is -1.02. The first-order chi connectivity index (χ1) is 7.27. The molecular weight excluding hydrogens is 188 g/mol. The molecule has 1 N–H and O–H groups in total. The van der Waals surface area contributed by atoms with Crippen LogP contribution in [0.1, 0.15) is 32.3 Å². The van der Waals surface area contributed by atoms with Crippen molar-refractivity contribution in [2.75, 3.05) is 6.61 Å². The van der Waals surface area contributed by atoms with Crippen LogP contribution in [0.3, 0.4) is 0 Å². The summed E-state index contributed by atoms with van der Waals surface area (Å²) in [5, 5.41) is 9.55. The first-order valence-corrected chi connectivity index (χ1v) is 5.66. The van der Waals surface area contributed by atoms with E-state index in [1.54, 1.807) is 0 Å². The van der Waals surface area contributed by atoms with E-state index in [2.05, 4.69) is 19.9 Å². The van der Waals surface area contributed by atoms with E-state index in [9.17, 15) is 5.11 Å². The summed E-state index contributed by atoms with van der Waals surface area (Å²) in [7, 11) is 0. The van der Waals surface area contributed by atoms with E-state index < -0.39 is 0 Å². The van der Waals surface area contributed by atoms with Gasteiger partial charge in [-0.2, -0.15) is 0 Å². The quantitative estimate of drug-likeness (QED) is 0.779. The normalized spacial score (nSPS) is 12.5. The third kappa shape index (κ3) is 3.92. The summed E-state index contributed by atoms with van der Waals surface area (Å²) in [5.41, 5.74) is 1.20. The highest BCUT2D eigenvalue weighted by Gasteiger charge is 2.05. The molecule has 0 aliphatic heterocycles. The van der Waals surface area contributed by atoms with E-state index in [0.717, 1.165) is 25.0 Å². The maximum Gasteiger partial charge on any atom is 0.122 e. The highest BCUT2D eigenvalue weighted by molar-refractivity contribution is 5.33. The van der Waals surface area contributed by atoms with Crippen LogP contribution in [-0.2, 0) is 6.42 Å². The summed E-state index contributed by atoms with van der Waals surface area (Å²) >= 11 is 0. The summed E-state index contributed by atoms with van der Waals surface area (Å²) in [4.78, 5) is 0. The molecule has 0 aliphatic rings. The fraction of sp³-hybridized carbons (Fsp3) is 0.538. The molecule has 0 bridgehead atoms. The van der Waals surface area contributed by atoms with E-state index in [1.165, 1.54) is 5.56 Å². The van der Waals surface area contributed by atoms with Crippen LogP contribution >= 0.6 is 0 Å². The van der Waals surface area contributed by atoms with Gasteiger partial charge < -0.3 is 9.84 Å². The Balaban J connectivity index is 2.49. The number of hydrogen-bond acceptors (Lipinski definition) is 2. The van der Waals surface area contributed by atoms with Crippen molar-refractivity contribution in [3.63, 3.8) is 0 Å². The SMILES string of the molecule is CCCC(O)COc1ccccc1CC. The molecule has 1 aromatic rings. The van der Waals surface area contributed by atoms with E-state index >= 15 is 0 Å². The van der Waals surface area contributed by atoms with Crippen LogP contribution in [0.5, 0.6) is 5.75 Å². The van der Waals surface area contributed by atoms with Crippen molar-refractivity contribution in [2.24, 2.45) is 0 Å². The number of ether oxygens (including phenoxy) is 1. The van der Waals surface area contributed by atoms with Gasteiger partial charge in [-0.25, -0.2) is 0 Å². The number of para-hydroxylation sites is 1. The minimum atomic E-state index is -0.347. The van der Waals surface area contributed by atoms with Crippen LogP contribution in [0.2, 0.25) is 0 Å². The van der Waals surface area contributed by atoms with Crippen molar-refractivity contribution in [2.45, 2.75) is 39.2 Å². The van der Waals surface area contributed by atoms with Gasteiger partial charge in [-0.15, -0.1) is 0 Å². The molecule has 0 spiro atoms. The van der Waals surface area contributed by atoms with E-state index in [0.29, 0.717) is 6.61 Å². The third-order valence-electron chi connectivity index (χ3n) is 2.41. The highest BCUT2D eigenvalue weighted by Crippen LogP contribution is 2.18. The van der Waals surface area contributed by atoms with E-state index in [4.69, 9.17) is 4.74 Å². The van der Waals surface area contributed by atoms with Gasteiger partial charge in [0, 0.05) is 0 Å². The van der Waals surface area contributed by atoms with Gasteiger partial charge >= 0.3 is 0 Å². The smallest absolute Gasteiger partial charge is 0.122 e. The second-order valence-electron chi connectivity index (χ2n) is 3.71. The van der Waals surface area contributed by atoms with Crippen molar-refractivity contribution in [1.29, 1.82) is 0 Å². The molecule has 2 heteroatoms. The van der Waals surface area contributed by atoms with Gasteiger partial charge in [0.2, 0.25) is 0 Å². The molecule has 0 aliphatic carbocycles. The largest absolute Gasteiger partial charge is 0.491 e. The Morgan fingerprint density at radius 1 is 1.27 bits per heavy atom. The fourth-order valence-corrected chi connectivity index (χ4v) is 1.54. The average molecular weight is 208 g/mol. The molecule has 0 amide bonds. The lowest BCUT2D eigenvalue weighted by atomic mass is 10.1. The van der Waals surface area contributed by atoms with E-state index in [1.807, 2.05) is 18.2 Å². The molecule has 0 aromatic heterocycles. The van der Waals surface area contributed by atoms with Gasteiger partial charge in [0.15, 0.2) is 0 Å². The number of rotatable bonds is 6. The lowest BCUT2D eigenvalue weighted by Crippen LogP contribution is -2.17. The standard InChI is InChI=1S/C13H20O2/c1-3-7-12(14)10-15-13-9-6-5-8-11(13)4-2/h5-6,8-9,12,14H,3-4,7,10H2,1-2H3. The molecule has 0 saturated carbocycles. The van der Waals surface area contributed by atoms with Crippen molar-refractivity contribution in [1.82, 2.24) is 0 Å². The maximum atomic E-state index is 9.55. The predicted octanol–water partition coefficient (Wildman–Crippen LogP) is 2.79. The van der Waals surface area contributed by atoms with Crippen LogP contribution in [0.4, 0.5) is 0 Å². The molecule has 1 aromatic carbocycles. The minimum Gasteiger partial charge on any atom is -0.491 e. The van der Waals surface area contributed by atoms with Crippen LogP contribution in [0, 0.1) is 0 Å². The predicted molar refractivity (Wildman–Crippen MR) is 62.2 cm³/mol. The Morgan fingerprint density at radius 3 is 2.67 bits per heavy atom. The summed E-state index contributed by atoms with van der Waals surface area (Å²) in [6.45, 7) is 4.55. The average Bonchev–Trinajstić information content (AvgIpc) is 2.27. The number of benzene rings is 1.